The molecule has 1 aliphatic rings. The van der Waals surface area contributed by atoms with Gasteiger partial charge in [-0.1, -0.05) is 48.0 Å². The highest BCUT2D eigenvalue weighted by molar-refractivity contribution is 6.32. The molecule has 29 heavy (non-hydrogen) atoms. The van der Waals surface area contributed by atoms with Crippen LogP contribution in [0.15, 0.2) is 66.7 Å². The Morgan fingerprint density at radius 3 is 2.69 bits per heavy atom. The summed E-state index contributed by atoms with van der Waals surface area (Å²) >= 11 is 6.31. The molecule has 7 heteroatoms. The fourth-order valence-corrected chi connectivity index (χ4v) is 3.16. The Bertz CT molecular complexity index is 1070. The molecule has 1 heterocycles. The number of amides is 2. The first kappa shape index (κ1) is 18.8. The highest BCUT2D eigenvalue weighted by atomic mass is 35.5. The van der Waals surface area contributed by atoms with Gasteiger partial charge in [-0.05, 0) is 41.5 Å². The lowest BCUT2D eigenvalue weighted by Crippen LogP contribution is -2.25. The Labute approximate surface area is 172 Å². The van der Waals surface area contributed by atoms with Crippen molar-refractivity contribution in [2.45, 2.75) is 0 Å². The van der Waals surface area contributed by atoms with E-state index < -0.39 is 0 Å². The molecule has 0 unspecified atom stereocenters. The zero-order chi connectivity index (χ0) is 20.2. The molecule has 0 bridgehead atoms. The van der Waals surface area contributed by atoms with Crippen LogP contribution in [0, 0.1) is 0 Å². The SMILES string of the molecule is O=C(COc1ccc(-c2ccccc2)cc1Cl)Nc1ccc2c(c1)NC(=O)CO2. The number of fused-ring (bicyclic) bond motifs is 1. The summed E-state index contributed by atoms with van der Waals surface area (Å²) < 4.78 is 10.8. The molecule has 0 spiro atoms. The van der Waals surface area contributed by atoms with E-state index in [1.807, 2.05) is 36.4 Å². The largest absolute Gasteiger partial charge is 0.482 e. The van der Waals surface area contributed by atoms with Crippen molar-refractivity contribution in [1.29, 1.82) is 0 Å². The number of nitrogens with one attached hydrogen (secondary N) is 2. The Morgan fingerprint density at radius 1 is 1.07 bits per heavy atom. The third-order valence-electron chi connectivity index (χ3n) is 4.29. The molecule has 2 N–H and O–H groups in total. The van der Waals surface area contributed by atoms with Gasteiger partial charge in [-0.25, -0.2) is 0 Å². The van der Waals surface area contributed by atoms with E-state index in [9.17, 15) is 9.59 Å². The summed E-state index contributed by atoms with van der Waals surface area (Å²) in [6.07, 6.45) is 0. The van der Waals surface area contributed by atoms with Crippen molar-refractivity contribution in [1.82, 2.24) is 0 Å². The normalized spacial score (nSPS) is 12.4. The van der Waals surface area contributed by atoms with Crippen LogP contribution in [-0.2, 0) is 9.59 Å². The third-order valence-corrected chi connectivity index (χ3v) is 4.59. The molecular formula is C22H17ClN2O4. The van der Waals surface area contributed by atoms with E-state index in [1.165, 1.54) is 0 Å². The Hall–Kier alpha value is -3.51. The van der Waals surface area contributed by atoms with Gasteiger partial charge in [0, 0.05) is 5.69 Å². The number of ether oxygens (including phenoxy) is 2. The highest BCUT2D eigenvalue weighted by Gasteiger charge is 2.16. The maximum absolute atomic E-state index is 12.2. The smallest absolute Gasteiger partial charge is 0.262 e. The number of rotatable bonds is 5. The molecule has 4 rings (SSSR count). The minimum absolute atomic E-state index is 0.0175. The molecule has 146 valence electrons. The van der Waals surface area contributed by atoms with Gasteiger partial charge in [0.15, 0.2) is 13.2 Å². The fourth-order valence-electron chi connectivity index (χ4n) is 2.93. The van der Waals surface area contributed by atoms with E-state index in [-0.39, 0.29) is 25.0 Å². The molecule has 3 aromatic rings. The van der Waals surface area contributed by atoms with E-state index in [1.54, 1.807) is 30.3 Å². The Balaban J connectivity index is 1.37. The van der Waals surface area contributed by atoms with Crippen molar-refractivity contribution in [2.75, 3.05) is 23.8 Å². The second kappa shape index (κ2) is 8.24. The van der Waals surface area contributed by atoms with Gasteiger partial charge in [0.05, 0.1) is 10.7 Å². The molecule has 2 amide bonds. The van der Waals surface area contributed by atoms with Crippen LogP contribution in [0.5, 0.6) is 11.5 Å². The van der Waals surface area contributed by atoms with Gasteiger partial charge in [0.2, 0.25) is 0 Å². The number of carbonyl (C=O) groups excluding carboxylic acids is 2. The average molecular weight is 409 g/mol. The second-order valence-corrected chi connectivity index (χ2v) is 6.80. The molecule has 0 aliphatic carbocycles. The summed E-state index contributed by atoms with van der Waals surface area (Å²) in [5.74, 6) is 0.394. The molecule has 0 fully saturated rings. The van der Waals surface area contributed by atoms with Gasteiger partial charge in [-0.15, -0.1) is 0 Å². The van der Waals surface area contributed by atoms with Gasteiger partial charge in [-0.3, -0.25) is 9.59 Å². The monoisotopic (exact) mass is 408 g/mol. The number of hydrogen-bond donors (Lipinski definition) is 2. The third kappa shape index (κ3) is 4.50. The zero-order valence-electron chi connectivity index (χ0n) is 15.3. The van der Waals surface area contributed by atoms with Crippen LogP contribution >= 0.6 is 11.6 Å². The van der Waals surface area contributed by atoms with E-state index in [0.29, 0.717) is 27.9 Å². The van der Waals surface area contributed by atoms with Crippen LogP contribution in [-0.4, -0.2) is 25.0 Å². The fraction of sp³-hybridized carbons (Fsp3) is 0.0909. The van der Waals surface area contributed by atoms with Crippen LogP contribution in [0.3, 0.4) is 0 Å². The van der Waals surface area contributed by atoms with Crippen molar-refractivity contribution in [2.24, 2.45) is 0 Å². The van der Waals surface area contributed by atoms with E-state index in [0.717, 1.165) is 11.1 Å². The quantitative estimate of drug-likeness (QED) is 0.657. The molecule has 1 aliphatic heterocycles. The summed E-state index contributed by atoms with van der Waals surface area (Å²) in [4.78, 5) is 23.6. The van der Waals surface area contributed by atoms with Crippen LogP contribution in [0.4, 0.5) is 11.4 Å². The van der Waals surface area contributed by atoms with E-state index in [4.69, 9.17) is 21.1 Å². The summed E-state index contributed by atoms with van der Waals surface area (Å²) in [6.45, 7) is -0.222. The molecule has 3 aromatic carbocycles. The van der Waals surface area contributed by atoms with Crippen molar-refractivity contribution >= 4 is 34.8 Å². The van der Waals surface area contributed by atoms with E-state index in [2.05, 4.69) is 10.6 Å². The van der Waals surface area contributed by atoms with Gasteiger partial charge < -0.3 is 20.1 Å². The average Bonchev–Trinajstić information content (AvgIpc) is 2.73. The molecule has 0 saturated heterocycles. The zero-order valence-corrected chi connectivity index (χ0v) is 16.0. The van der Waals surface area contributed by atoms with Gasteiger partial charge in [0.25, 0.3) is 11.8 Å². The van der Waals surface area contributed by atoms with Crippen LogP contribution in [0.25, 0.3) is 11.1 Å². The lowest BCUT2D eigenvalue weighted by atomic mass is 10.1. The summed E-state index contributed by atoms with van der Waals surface area (Å²) in [7, 11) is 0. The predicted octanol–water partition coefficient (Wildman–Crippen LogP) is 4.36. The van der Waals surface area contributed by atoms with Crippen molar-refractivity contribution in [3.8, 4) is 22.6 Å². The first-order valence-electron chi connectivity index (χ1n) is 8.93. The first-order valence-corrected chi connectivity index (χ1v) is 9.30. The van der Waals surface area contributed by atoms with Crippen molar-refractivity contribution < 1.29 is 19.1 Å². The lowest BCUT2D eigenvalue weighted by molar-refractivity contribution is -0.119. The second-order valence-electron chi connectivity index (χ2n) is 6.40. The highest BCUT2D eigenvalue weighted by Crippen LogP contribution is 2.31. The maximum Gasteiger partial charge on any atom is 0.262 e. The van der Waals surface area contributed by atoms with Gasteiger partial charge >= 0.3 is 0 Å². The molecular weight excluding hydrogens is 392 g/mol. The molecule has 6 nitrogen and oxygen atoms in total. The molecule has 0 aromatic heterocycles. The predicted molar refractivity (Wildman–Crippen MR) is 112 cm³/mol. The minimum atomic E-state index is -0.351. The van der Waals surface area contributed by atoms with Crippen molar-refractivity contribution in [3.63, 3.8) is 0 Å². The number of anilines is 2. The summed E-state index contributed by atoms with van der Waals surface area (Å²) in [5.41, 5.74) is 3.04. The summed E-state index contributed by atoms with van der Waals surface area (Å²) in [5, 5.41) is 5.84. The number of hydrogen-bond acceptors (Lipinski definition) is 4. The minimum Gasteiger partial charge on any atom is -0.482 e. The van der Waals surface area contributed by atoms with Crippen LogP contribution in [0.1, 0.15) is 0 Å². The Morgan fingerprint density at radius 2 is 1.90 bits per heavy atom. The molecule has 0 radical (unpaired) electrons. The molecule has 0 saturated carbocycles. The van der Waals surface area contributed by atoms with Crippen molar-refractivity contribution in [3.05, 3.63) is 71.8 Å². The van der Waals surface area contributed by atoms with Gasteiger partial charge in [0.1, 0.15) is 11.5 Å². The summed E-state index contributed by atoms with van der Waals surface area (Å²) in [6, 6.07) is 20.3. The number of benzene rings is 3. The maximum atomic E-state index is 12.2. The molecule has 0 atom stereocenters. The van der Waals surface area contributed by atoms with Crippen LogP contribution < -0.4 is 20.1 Å². The first-order chi connectivity index (χ1) is 14.1. The number of carbonyl (C=O) groups is 2. The van der Waals surface area contributed by atoms with Gasteiger partial charge in [-0.2, -0.15) is 0 Å². The lowest BCUT2D eigenvalue weighted by Gasteiger charge is -2.18. The standard InChI is InChI=1S/C22H17ClN2O4/c23-17-10-15(14-4-2-1-3-5-14)6-8-19(17)28-12-21(26)24-16-7-9-20-18(11-16)25-22(27)13-29-20/h1-11H,12-13H2,(H,24,26)(H,25,27). The van der Waals surface area contributed by atoms with E-state index >= 15 is 0 Å². The number of halogens is 1. The topological polar surface area (TPSA) is 76.7 Å². The Kier molecular flexibility index (Phi) is 5.35. The van der Waals surface area contributed by atoms with Crippen LogP contribution in [0.2, 0.25) is 5.02 Å².